The molecule has 0 saturated heterocycles. The molecule has 35 heavy (non-hydrogen) atoms. The average molecular weight is 489 g/mol. The maximum absolute atomic E-state index is 13.3. The molecule has 5 nitrogen and oxygen atoms in total. The second-order valence-corrected chi connectivity index (χ2v) is 10.0. The van der Waals surface area contributed by atoms with Crippen LogP contribution in [0, 0.1) is 22.6 Å². The summed E-state index contributed by atoms with van der Waals surface area (Å²) < 4.78 is 13.3. The van der Waals surface area contributed by atoms with Gasteiger partial charge < -0.3 is 4.90 Å². The third-order valence-electron chi connectivity index (χ3n) is 5.57. The first-order valence-corrected chi connectivity index (χ1v) is 12.4. The normalized spacial score (nSPS) is 12.1. The highest BCUT2D eigenvalue weighted by atomic mass is 32.2. The van der Waals surface area contributed by atoms with Crippen LogP contribution in [0.15, 0.2) is 72.0 Å². The minimum atomic E-state index is -0.360. The molecule has 0 aliphatic rings. The highest BCUT2D eigenvalue weighted by Crippen LogP contribution is 2.24. The minimum absolute atomic E-state index is 0.257. The van der Waals surface area contributed by atoms with Crippen molar-refractivity contribution in [2.24, 2.45) is 10.4 Å². The topological polar surface area (TPSA) is 69.3 Å². The Hall–Kier alpha value is -3.50. The van der Waals surface area contributed by atoms with E-state index in [-0.39, 0.29) is 11.2 Å². The number of benzene rings is 2. The summed E-state index contributed by atoms with van der Waals surface area (Å²) in [6.07, 6.45) is 6.31. The summed E-state index contributed by atoms with van der Waals surface area (Å²) >= 11 is 1.34. The highest BCUT2D eigenvalue weighted by Gasteiger charge is 2.16. The number of carbonyl (C=O) groups excluding carboxylic acids is 1. The molecule has 3 rings (SSSR count). The van der Waals surface area contributed by atoms with Gasteiger partial charge in [0.05, 0.1) is 17.0 Å². The molecular weight excluding hydrogens is 459 g/mol. The van der Waals surface area contributed by atoms with Crippen molar-refractivity contribution in [1.82, 2.24) is 4.98 Å². The van der Waals surface area contributed by atoms with Crippen LogP contribution < -0.4 is 4.90 Å². The number of nitrogens with zero attached hydrogens (tertiary/aromatic N) is 4. The van der Waals surface area contributed by atoms with E-state index in [2.05, 4.69) is 17.1 Å². The smallest absolute Gasteiger partial charge is 0.174 e. The largest absolute Gasteiger partial charge is 0.349 e. The summed E-state index contributed by atoms with van der Waals surface area (Å²) in [4.78, 5) is 22.3. The van der Waals surface area contributed by atoms with E-state index < -0.39 is 0 Å². The zero-order valence-corrected chi connectivity index (χ0v) is 21.1. The molecule has 3 aromatic rings. The number of nitriles is 1. The third kappa shape index (κ3) is 8.04. The van der Waals surface area contributed by atoms with E-state index in [1.807, 2.05) is 56.1 Å². The van der Waals surface area contributed by atoms with E-state index >= 15 is 0 Å². The number of fused-ring (bicyclic) bond motifs is 1. The zero-order chi connectivity index (χ0) is 25.3. The van der Waals surface area contributed by atoms with Crippen molar-refractivity contribution >= 4 is 39.7 Å². The number of thioether (sulfide) groups is 1. The molecule has 0 unspecified atom stereocenters. The van der Waals surface area contributed by atoms with Gasteiger partial charge in [-0.25, -0.2) is 9.38 Å². The molecule has 0 saturated carbocycles. The number of aldehydes is 1. The van der Waals surface area contributed by atoms with Crippen molar-refractivity contribution in [3.8, 4) is 6.07 Å². The van der Waals surface area contributed by atoms with Crippen LogP contribution in [0.5, 0.6) is 0 Å². The Labute approximate surface area is 210 Å². The molecule has 0 bridgehead atoms. The third-order valence-corrected chi connectivity index (χ3v) is 6.47. The van der Waals surface area contributed by atoms with Crippen LogP contribution in [0.2, 0.25) is 0 Å². The fourth-order valence-corrected chi connectivity index (χ4v) is 4.12. The van der Waals surface area contributed by atoms with Crippen LogP contribution in [0.1, 0.15) is 31.5 Å². The number of pyridine rings is 1. The van der Waals surface area contributed by atoms with Gasteiger partial charge in [0.15, 0.2) is 6.29 Å². The van der Waals surface area contributed by atoms with E-state index in [1.54, 1.807) is 18.5 Å². The SMILES string of the molecule is CN(/C=C\N=C(C=O)SCCc1cccc(F)c1)c1ccc2nc(CCC(C)(C)C#N)ccc2c1. The van der Waals surface area contributed by atoms with Crippen molar-refractivity contribution in [3.05, 3.63) is 84.1 Å². The van der Waals surface area contributed by atoms with E-state index in [0.29, 0.717) is 17.2 Å². The number of hydrogen-bond donors (Lipinski definition) is 0. The van der Waals surface area contributed by atoms with Gasteiger partial charge in [0.1, 0.15) is 10.9 Å². The molecule has 0 fully saturated rings. The van der Waals surface area contributed by atoms with Gasteiger partial charge in [-0.1, -0.05) is 18.2 Å². The van der Waals surface area contributed by atoms with Gasteiger partial charge in [0.25, 0.3) is 0 Å². The Balaban J connectivity index is 1.59. The number of carbonyl (C=O) groups is 1. The summed E-state index contributed by atoms with van der Waals surface area (Å²) in [6.45, 7) is 3.88. The molecule has 0 aliphatic carbocycles. The van der Waals surface area contributed by atoms with Crippen molar-refractivity contribution in [2.45, 2.75) is 33.1 Å². The Morgan fingerprint density at radius 3 is 2.77 bits per heavy atom. The number of hydrogen-bond acceptors (Lipinski definition) is 6. The lowest BCUT2D eigenvalue weighted by molar-refractivity contribution is -0.102. The first-order valence-electron chi connectivity index (χ1n) is 11.4. The molecule has 0 N–H and O–H groups in total. The molecule has 2 aromatic carbocycles. The quantitative estimate of drug-likeness (QED) is 0.189. The predicted octanol–water partition coefficient (Wildman–Crippen LogP) is 6.34. The minimum Gasteiger partial charge on any atom is -0.349 e. The molecule has 7 heteroatoms. The summed E-state index contributed by atoms with van der Waals surface area (Å²) in [5.74, 6) is 0.380. The van der Waals surface area contributed by atoms with Crippen LogP contribution in [-0.4, -0.2) is 29.1 Å². The summed E-state index contributed by atoms with van der Waals surface area (Å²) in [7, 11) is 1.91. The Morgan fingerprint density at radius 2 is 2.03 bits per heavy atom. The first kappa shape index (κ1) is 26.1. The monoisotopic (exact) mass is 488 g/mol. The molecule has 0 spiro atoms. The second kappa shape index (κ2) is 12.3. The van der Waals surface area contributed by atoms with Gasteiger partial charge in [-0.2, -0.15) is 5.26 Å². The zero-order valence-electron chi connectivity index (χ0n) is 20.2. The highest BCUT2D eigenvalue weighted by molar-refractivity contribution is 8.15. The molecule has 0 radical (unpaired) electrons. The lowest BCUT2D eigenvalue weighted by Gasteiger charge is -2.15. The fraction of sp³-hybridized carbons (Fsp3) is 0.286. The van der Waals surface area contributed by atoms with Crippen LogP contribution in [-0.2, 0) is 17.6 Å². The molecular formula is C28H29FN4OS. The van der Waals surface area contributed by atoms with E-state index in [1.165, 1.54) is 23.9 Å². The molecule has 0 aliphatic heterocycles. The van der Waals surface area contributed by atoms with Gasteiger partial charge in [-0.15, -0.1) is 11.8 Å². The Morgan fingerprint density at radius 1 is 1.20 bits per heavy atom. The van der Waals surface area contributed by atoms with Crippen molar-refractivity contribution < 1.29 is 9.18 Å². The lowest BCUT2D eigenvalue weighted by atomic mass is 9.89. The number of aliphatic imine (C=N–C) groups is 1. The maximum atomic E-state index is 13.3. The summed E-state index contributed by atoms with van der Waals surface area (Å²) in [5.41, 5.74) is 3.39. The van der Waals surface area contributed by atoms with Gasteiger partial charge in [0, 0.05) is 42.0 Å². The summed E-state index contributed by atoms with van der Waals surface area (Å²) in [6, 6.07) is 18.9. The van der Waals surface area contributed by atoms with E-state index in [0.717, 1.165) is 47.0 Å². The lowest BCUT2D eigenvalue weighted by Crippen LogP contribution is -2.09. The van der Waals surface area contributed by atoms with Gasteiger partial charge >= 0.3 is 0 Å². The molecule has 1 aromatic heterocycles. The van der Waals surface area contributed by atoms with Crippen molar-refractivity contribution in [2.75, 3.05) is 17.7 Å². The number of aryl methyl sites for hydroxylation is 2. The van der Waals surface area contributed by atoms with Crippen LogP contribution in [0.3, 0.4) is 0 Å². The van der Waals surface area contributed by atoms with Gasteiger partial charge in [-0.3, -0.25) is 9.78 Å². The van der Waals surface area contributed by atoms with Crippen molar-refractivity contribution in [1.29, 1.82) is 5.26 Å². The van der Waals surface area contributed by atoms with Crippen molar-refractivity contribution in [3.63, 3.8) is 0 Å². The molecule has 180 valence electrons. The summed E-state index contributed by atoms with van der Waals surface area (Å²) in [5, 5.41) is 10.6. The Kier molecular flexibility index (Phi) is 9.16. The second-order valence-electron chi connectivity index (χ2n) is 8.90. The molecule has 0 atom stereocenters. The molecule has 1 heterocycles. The van der Waals surface area contributed by atoms with Crippen LogP contribution in [0.25, 0.3) is 10.9 Å². The maximum Gasteiger partial charge on any atom is 0.174 e. The van der Waals surface area contributed by atoms with Crippen LogP contribution >= 0.6 is 11.8 Å². The average Bonchev–Trinajstić information content (AvgIpc) is 2.86. The van der Waals surface area contributed by atoms with Gasteiger partial charge in [-0.05, 0) is 75.1 Å². The number of anilines is 1. The van der Waals surface area contributed by atoms with E-state index in [9.17, 15) is 14.4 Å². The fourth-order valence-electron chi connectivity index (χ4n) is 3.37. The predicted molar refractivity (Wildman–Crippen MR) is 143 cm³/mol. The Bertz CT molecular complexity index is 1280. The first-order chi connectivity index (χ1) is 16.8. The number of aromatic nitrogens is 1. The van der Waals surface area contributed by atoms with Gasteiger partial charge in [0.2, 0.25) is 0 Å². The number of rotatable bonds is 10. The molecule has 0 amide bonds. The van der Waals surface area contributed by atoms with E-state index in [4.69, 9.17) is 4.98 Å². The van der Waals surface area contributed by atoms with Crippen LogP contribution in [0.4, 0.5) is 10.1 Å². The standard InChI is InChI=1S/C28H29FN4OS/c1-28(2,20-30)13-11-24-8-7-22-18-25(9-10-26(22)32-24)33(3)15-14-31-27(19-34)35-16-12-21-5-4-6-23(29)17-21/h4-10,14-15,17-19H,11-13,16H2,1-3H3/b15-14-,31-27?. The number of halogens is 1.